The van der Waals surface area contributed by atoms with Gasteiger partial charge < -0.3 is 20.3 Å². The van der Waals surface area contributed by atoms with E-state index in [0.717, 1.165) is 68.6 Å². The van der Waals surface area contributed by atoms with Gasteiger partial charge in [-0.1, -0.05) is 11.6 Å². The molecule has 6 fully saturated rings. The first-order chi connectivity index (χ1) is 29.0. The second-order valence-electron chi connectivity index (χ2n) is 16.9. The van der Waals surface area contributed by atoms with Gasteiger partial charge in [-0.05, 0) is 100 Å². The predicted molar refractivity (Wildman–Crippen MR) is 216 cm³/mol. The van der Waals surface area contributed by atoms with Crippen LogP contribution in [0.3, 0.4) is 0 Å². The SMILES string of the molecule is N#Cc1ccc(OC2CCC(N3C(=O)CC[C@@H](N4C(=O)c5cc(F)c(N6C[C@H]7CC[C@H]6CN7CC6CCN(c7ccc(C(N)=O)nn7)CC6)cc5C4=O)C3=O)CC2)cc1Cl. The van der Waals surface area contributed by atoms with Crippen LogP contribution in [0.2, 0.25) is 5.02 Å². The first-order valence-corrected chi connectivity index (χ1v) is 21.2. The zero-order valence-electron chi connectivity index (χ0n) is 33.0. The van der Waals surface area contributed by atoms with Gasteiger partial charge in [-0.2, -0.15) is 5.26 Å². The van der Waals surface area contributed by atoms with E-state index < -0.39 is 41.5 Å². The summed E-state index contributed by atoms with van der Waals surface area (Å²) in [4.78, 5) is 75.5. The fourth-order valence-electron chi connectivity index (χ4n) is 10.2. The van der Waals surface area contributed by atoms with E-state index in [4.69, 9.17) is 27.3 Å². The lowest BCUT2D eigenvalue weighted by molar-refractivity contribution is -0.155. The Kier molecular flexibility index (Phi) is 10.7. The molecule has 1 aromatic heterocycles. The Balaban J connectivity index is 0.821. The van der Waals surface area contributed by atoms with Crippen LogP contribution in [0, 0.1) is 23.1 Å². The number of aromatic nitrogens is 2. The molecule has 3 atom stereocenters. The number of nitriles is 1. The highest BCUT2D eigenvalue weighted by Gasteiger charge is 2.50. The van der Waals surface area contributed by atoms with Crippen LogP contribution in [0.1, 0.15) is 101 Å². The molecule has 1 aliphatic carbocycles. The number of piperidine rings is 4. The Morgan fingerprint density at radius 3 is 2.22 bits per heavy atom. The number of halogens is 2. The molecule has 7 heterocycles. The number of nitrogens with zero attached hydrogens (tertiary/aromatic N) is 8. The molecule has 7 aliphatic rings. The number of hydrogen-bond acceptors (Lipinski definition) is 12. The lowest BCUT2D eigenvalue weighted by atomic mass is 9.87. The fourth-order valence-corrected chi connectivity index (χ4v) is 10.4. The minimum absolute atomic E-state index is 0.00304. The number of anilines is 2. The molecule has 0 unspecified atom stereocenters. The molecule has 2 aromatic carbocycles. The summed E-state index contributed by atoms with van der Waals surface area (Å²) < 4.78 is 22.2. The van der Waals surface area contributed by atoms with Crippen LogP contribution in [0.15, 0.2) is 42.5 Å². The predicted octanol–water partition coefficient (Wildman–Crippen LogP) is 4.31. The highest BCUT2D eigenvalue weighted by atomic mass is 35.5. The maximum Gasteiger partial charge on any atom is 0.269 e. The zero-order valence-corrected chi connectivity index (χ0v) is 33.7. The Morgan fingerprint density at radius 1 is 0.850 bits per heavy atom. The molecule has 3 aromatic rings. The van der Waals surface area contributed by atoms with Gasteiger partial charge in [0.2, 0.25) is 5.91 Å². The third kappa shape index (κ3) is 7.31. The van der Waals surface area contributed by atoms with E-state index in [0.29, 0.717) is 54.5 Å². The number of primary amides is 1. The summed E-state index contributed by atoms with van der Waals surface area (Å²) in [7, 11) is 0. The van der Waals surface area contributed by atoms with Gasteiger partial charge >= 0.3 is 0 Å². The maximum absolute atomic E-state index is 16.1. The van der Waals surface area contributed by atoms with Gasteiger partial charge in [-0.15, -0.1) is 10.2 Å². The molecule has 60 heavy (non-hydrogen) atoms. The molecule has 0 spiro atoms. The van der Waals surface area contributed by atoms with Crippen molar-refractivity contribution in [3.63, 3.8) is 0 Å². The number of fused-ring (bicyclic) bond motifs is 4. The van der Waals surface area contributed by atoms with Crippen molar-refractivity contribution < 1.29 is 33.1 Å². The Bertz CT molecular complexity index is 2290. The summed E-state index contributed by atoms with van der Waals surface area (Å²) >= 11 is 6.17. The van der Waals surface area contributed by atoms with E-state index in [1.165, 1.54) is 11.0 Å². The van der Waals surface area contributed by atoms with Crippen LogP contribution >= 0.6 is 11.6 Å². The first kappa shape index (κ1) is 39.8. The number of carbonyl (C=O) groups is 5. The normalized spacial score (nSPS) is 26.1. The quantitative estimate of drug-likeness (QED) is 0.302. The molecular weight excluding hydrogens is 793 g/mol. The highest BCUT2D eigenvalue weighted by Crippen LogP contribution is 2.40. The zero-order chi connectivity index (χ0) is 41.8. The van der Waals surface area contributed by atoms with E-state index in [-0.39, 0.29) is 59.4 Å². The molecule has 2 bridgehead atoms. The monoisotopic (exact) mass is 837 g/mol. The topological polar surface area (TPSA) is 186 Å². The number of amides is 5. The number of benzene rings is 2. The van der Waals surface area contributed by atoms with E-state index >= 15 is 4.39 Å². The number of nitrogens with two attached hydrogens (primary N) is 1. The molecule has 2 N–H and O–H groups in total. The average Bonchev–Trinajstić information content (AvgIpc) is 3.49. The number of likely N-dealkylation sites (tertiary alicyclic amines) is 1. The minimum atomic E-state index is -1.17. The number of piperazine rings is 1. The van der Waals surface area contributed by atoms with Gasteiger partial charge in [0.05, 0.1) is 33.5 Å². The first-order valence-electron chi connectivity index (χ1n) is 20.8. The Labute approximate surface area is 351 Å². The largest absolute Gasteiger partial charge is 0.490 e. The molecule has 15 nitrogen and oxygen atoms in total. The third-order valence-corrected chi connectivity index (χ3v) is 13.7. The molecule has 5 saturated heterocycles. The van der Waals surface area contributed by atoms with Crippen LogP contribution in [0.25, 0.3) is 0 Å². The van der Waals surface area contributed by atoms with Crippen LogP contribution in [0.4, 0.5) is 15.9 Å². The molecular formula is C43H45ClFN9O6. The van der Waals surface area contributed by atoms with Crippen LogP contribution in [0.5, 0.6) is 5.75 Å². The van der Waals surface area contributed by atoms with Crippen LogP contribution in [-0.4, -0.2) is 117 Å². The van der Waals surface area contributed by atoms with Crippen molar-refractivity contribution in [1.29, 1.82) is 5.26 Å². The van der Waals surface area contributed by atoms with Gasteiger partial charge in [-0.25, -0.2) is 4.39 Å². The second-order valence-corrected chi connectivity index (χ2v) is 17.3. The van der Waals surface area contributed by atoms with E-state index in [1.54, 1.807) is 30.3 Å². The summed E-state index contributed by atoms with van der Waals surface area (Å²) in [5.74, 6) is -1.75. The number of rotatable bonds is 9. The summed E-state index contributed by atoms with van der Waals surface area (Å²) in [6, 6.07) is 11.6. The number of imide groups is 2. The molecule has 312 valence electrons. The maximum atomic E-state index is 16.1. The number of ether oxygens (including phenoxy) is 1. The fraction of sp³-hybridized carbons (Fsp3) is 0.488. The van der Waals surface area contributed by atoms with Gasteiger partial charge in [-0.3, -0.25) is 38.7 Å². The minimum Gasteiger partial charge on any atom is -0.490 e. The molecule has 17 heteroatoms. The lowest BCUT2D eigenvalue weighted by Crippen LogP contribution is -2.63. The van der Waals surface area contributed by atoms with Gasteiger partial charge in [0, 0.05) is 63.3 Å². The van der Waals surface area contributed by atoms with Crippen LogP contribution < -0.4 is 20.3 Å². The summed E-state index contributed by atoms with van der Waals surface area (Å²) in [5, 5.41) is 17.6. The lowest BCUT2D eigenvalue weighted by Gasteiger charge is -2.53. The molecule has 5 amide bonds. The Morgan fingerprint density at radius 2 is 1.57 bits per heavy atom. The van der Waals surface area contributed by atoms with Crippen molar-refractivity contribution in [3.05, 3.63) is 75.7 Å². The van der Waals surface area contributed by atoms with Gasteiger partial charge in [0.1, 0.15) is 23.7 Å². The van der Waals surface area contributed by atoms with Crippen molar-refractivity contribution in [2.75, 3.05) is 42.5 Å². The summed E-state index contributed by atoms with van der Waals surface area (Å²) in [5.41, 5.74) is 6.09. The van der Waals surface area contributed by atoms with Crippen molar-refractivity contribution in [1.82, 2.24) is 24.9 Å². The number of carbonyl (C=O) groups excluding carboxylic acids is 5. The average molecular weight is 838 g/mol. The molecule has 1 saturated carbocycles. The number of hydrogen-bond donors (Lipinski definition) is 1. The second kappa shape index (κ2) is 16.1. The summed E-state index contributed by atoms with van der Waals surface area (Å²) in [6.45, 7) is 3.94. The van der Waals surface area contributed by atoms with Gasteiger partial charge in [0.25, 0.3) is 23.6 Å². The van der Waals surface area contributed by atoms with Crippen LogP contribution in [-0.2, 0) is 9.59 Å². The van der Waals surface area contributed by atoms with Crippen molar-refractivity contribution in [2.45, 2.75) is 94.5 Å². The van der Waals surface area contributed by atoms with E-state index in [2.05, 4.69) is 20.0 Å². The van der Waals surface area contributed by atoms with Crippen molar-refractivity contribution in [3.8, 4) is 11.8 Å². The van der Waals surface area contributed by atoms with Gasteiger partial charge in [0.15, 0.2) is 11.5 Å². The summed E-state index contributed by atoms with van der Waals surface area (Å²) in [6.07, 6.45) is 5.72. The van der Waals surface area contributed by atoms with E-state index in [9.17, 15) is 24.0 Å². The molecule has 6 aliphatic heterocycles. The van der Waals surface area contributed by atoms with Crippen molar-refractivity contribution in [2.24, 2.45) is 11.7 Å². The molecule has 0 radical (unpaired) electrons. The standard InChI is InChI=1S/C43H45ClFN9O6/c44-33-17-30(6-1-25(33)20-46)60-29-7-4-26(5-8-29)53-39(55)12-10-36(43(53)59)54-41(57)31-18-34(45)37(19-32(31)42(54)58)52-23-27-2-3-28(52)22-51(27)21-24-13-15-50(16-14-24)38-11-9-35(40(47)56)48-49-38/h1,6,9,11,17-19,24,26-29,36H,2-5,7-8,10,12-16,21-23H2,(H2,47,56)/t26?,27-,28+,29?,36-/m1/s1. The smallest absolute Gasteiger partial charge is 0.269 e. The van der Waals surface area contributed by atoms with E-state index in [1.807, 2.05) is 11.0 Å². The highest BCUT2D eigenvalue weighted by molar-refractivity contribution is 6.31. The molecule has 10 rings (SSSR count). The third-order valence-electron chi connectivity index (χ3n) is 13.4. The van der Waals surface area contributed by atoms with Crippen molar-refractivity contribution >= 4 is 52.6 Å². The Hall–Kier alpha value is -5.66.